The van der Waals surface area contributed by atoms with Crippen LogP contribution < -0.4 is 5.32 Å². The second-order valence-corrected chi connectivity index (χ2v) is 7.22. The van der Waals surface area contributed by atoms with E-state index in [9.17, 15) is 9.18 Å². The molecule has 0 aliphatic carbocycles. The Hall–Kier alpha value is -3.24. The molecule has 3 aromatic carbocycles. The smallest absolute Gasteiger partial charge is 0.251 e. The van der Waals surface area contributed by atoms with Crippen molar-refractivity contribution in [2.45, 2.75) is 6.54 Å². The van der Waals surface area contributed by atoms with Crippen LogP contribution in [0.25, 0.3) is 22.3 Å². The highest BCUT2D eigenvalue weighted by Crippen LogP contribution is 2.26. The van der Waals surface area contributed by atoms with Gasteiger partial charge in [-0.2, -0.15) is 11.3 Å². The summed E-state index contributed by atoms with van der Waals surface area (Å²) in [5.41, 5.74) is 5.84. The molecule has 0 aliphatic rings. The van der Waals surface area contributed by atoms with Gasteiger partial charge < -0.3 is 5.32 Å². The molecule has 1 aromatic heterocycles. The van der Waals surface area contributed by atoms with Crippen LogP contribution >= 0.6 is 11.3 Å². The van der Waals surface area contributed by atoms with Gasteiger partial charge in [-0.3, -0.25) is 4.79 Å². The Morgan fingerprint density at radius 3 is 2.18 bits per heavy atom. The Morgan fingerprint density at radius 1 is 0.821 bits per heavy atom. The summed E-state index contributed by atoms with van der Waals surface area (Å²) in [5, 5.41) is 7.15. The molecule has 0 saturated carbocycles. The van der Waals surface area contributed by atoms with Crippen LogP contribution in [-0.4, -0.2) is 5.91 Å². The van der Waals surface area contributed by atoms with Crippen LogP contribution in [0, 0.1) is 5.82 Å². The van der Waals surface area contributed by atoms with Crippen LogP contribution in [0.3, 0.4) is 0 Å². The van der Waals surface area contributed by atoms with Crippen LogP contribution in [0.2, 0.25) is 0 Å². The third-order valence-electron chi connectivity index (χ3n) is 4.61. The Kier molecular flexibility index (Phi) is 5.31. The molecule has 28 heavy (non-hydrogen) atoms. The first-order valence-electron chi connectivity index (χ1n) is 8.95. The van der Waals surface area contributed by atoms with Crippen molar-refractivity contribution in [2.24, 2.45) is 0 Å². The molecule has 1 heterocycles. The number of amides is 1. The molecule has 0 fully saturated rings. The zero-order valence-electron chi connectivity index (χ0n) is 15.1. The third-order valence-corrected chi connectivity index (χ3v) is 5.30. The summed E-state index contributed by atoms with van der Waals surface area (Å²) in [6, 6.07) is 23.8. The maximum absolute atomic E-state index is 13.1. The summed E-state index contributed by atoms with van der Waals surface area (Å²) in [5.74, 6) is -0.381. The van der Waals surface area contributed by atoms with Crippen LogP contribution in [0.5, 0.6) is 0 Å². The lowest BCUT2D eigenvalue weighted by Gasteiger charge is -2.10. The SMILES string of the molecule is O=C(NCc1ccccc1-c1ccsc1)c1ccc(-c2ccc(F)cc2)cc1. The molecule has 2 nitrogen and oxygen atoms in total. The number of hydrogen-bond acceptors (Lipinski definition) is 2. The van der Waals surface area contributed by atoms with Crippen molar-refractivity contribution in [3.63, 3.8) is 0 Å². The van der Waals surface area contributed by atoms with Gasteiger partial charge in [0.2, 0.25) is 0 Å². The van der Waals surface area contributed by atoms with Gasteiger partial charge in [-0.15, -0.1) is 0 Å². The van der Waals surface area contributed by atoms with E-state index in [4.69, 9.17) is 0 Å². The molecule has 1 N–H and O–H groups in total. The van der Waals surface area contributed by atoms with Gasteiger partial charge in [-0.05, 0) is 68.9 Å². The summed E-state index contributed by atoms with van der Waals surface area (Å²) in [6.45, 7) is 0.463. The molecule has 0 unspecified atom stereocenters. The van der Waals surface area contributed by atoms with Crippen molar-refractivity contribution in [3.8, 4) is 22.3 Å². The van der Waals surface area contributed by atoms with E-state index < -0.39 is 0 Å². The predicted molar refractivity (Wildman–Crippen MR) is 113 cm³/mol. The highest BCUT2D eigenvalue weighted by atomic mass is 32.1. The Morgan fingerprint density at radius 2 is 1.50 bits per heavy atom. The number of benzene rings is 3. The van der Waals surface area contributed by atoms with Gasteiger partial charge in [0, 0.05) is 12.1 Å². The fourth-order valence-corrected chi connectivity index (χ4v) is 3.76. The molecular formula is C24H18FNOS. The highest BCUT2D eigenvalue weighted by molar-refractivity contribution is 7.08. The summed E-state index contributed by atoms with van der Waals surface area (Å²) >= 11 is 1.66. The van der Waals surface area contributed by atoms with E-state index >= 15 is 0 Å². The molecule has 0 radical (unpaired) electrons. The summed E-state index contributed by atoms with van der Waals surface area (Å²) < 4.78 is 13.1. The number of halogens is 1. The Balaban J connectivity index is 1.46. The number of carbonyl (C=O) groups is 1. The third kappa shape index (κ3) is 4.02. The molecule has 0 atom stereocenters. The molecule has 4 heteroatoms. The number of thiophene rings is 1. The lowest BCUT2D eigenvalue weighted by Crippen LogP contribution is -2.23. The molecule has 0 spiro atoms. The fourth-order valence-electron chi connectivity index (χ4n) is 3.11. The minimum atomic E-state index is -0.262. The predicted octanol–water partition coefficient (Wildman–Crippen LogP) is 6.15. The molecular weight excluding hydrogens is 369 g/mol. The van der Waals surface area contributed by atoms with Crippen LogP contribution in [-0.2, 0) is 6.54 Å². The summed E-state index contributed by atoms with van der Waals surface area (Å²) in [7, 11) is 0. The van der Waals surface area contributed by atoms with Crippen LogP contribution in [0.1, 0.15) is 15.9 Å². The van der Waals surface area contributed by atoms with Crippen molar-refractivity contribution in [1.82, 2.24) is 5.32 Å². The second kappa shape index (κ2) is 8.19. The molecule has 0 bridgehead atoms. The van der Waals surface area contributed by atoms with E-state index in [-0.39, 0.29) is 11.7 Å². The lowest BCUT2D eigenvalue weighted by atomic mass is 10.0. The monoisotopic (exact) mass is 387 g/mol. The van der Waals surface area contributed by atoms with Gasteiger partial charge in [-0.1, -0.05) is 48.5 Å². The molecule has 0 saturated heterocycles. The number of carbonyl (C=O) groups excluding carboxylic acids is 1. The zero-order valence-corrected chi connectivity index (χ0v) is 15.9. The number of rotatable bonds is 5. The first-order chi connectivity index (χ1) is 13.7. The van der Waals surface area contributed by atoms with Gasteiger partial charge in [-0.25, -0.2) is 4.39 Å². The molecule has 138 valence electrons. The first kappa shape index (κ1) is 18.1. The average Bonchev–Trinajstić information content (AvgIpc) is 3.28. The molecule has 0 aliphatic heterocycles. The van der Waals surface area contributed by atoms with E-state index in [2.05, 4.69) is 22.8 Å². The lowest BCUT2D eigenvalue weighted by molar-refractivity contribution is 0.0951. The van der Waals surface area contributed by atoms with E-state index in [0.29, 0.717) is 12.1 Å². The van der Waals surface area contributed by atoms with Gasteiger partial charge in [0.15, 0.2) is 0 Å². The fraction of sp³-hybridized carbons (Fsp3) is 0.0417. The molecule has 4 aromatic rings. The van der Waals surface area contributed by atoms with Crippen LogP contribution in [0.4, 0.5) is 4.39 Å². The summed E-state index contributed by atoms with van der Waals surface area (Å²) in [4.78, 5) is 12.5. The van der Waals surface area contributed by atoms with Crippen molar-refractivity contribution >= 4 is 17.2 Å². The van der Waals surface area contributed by atoms with E-state index in [1.54, 1.807) is 35.6 Å². The minimum absolute atomic E-state index is 0.120. The Labute approximate surface area is 167 Å². The second-order valence-electron chi connectivity index (χ2n) is 6.44. The molecule has 4 rings (SSSR count). The van der Waals surface area contributed by atoms with Crippen molar-refractivity contribution in [3.05, 3.63) is 107 Å². The van der Waals surface area contributed by atoms with Gasteiger partial charge in [0.25, 0.3) is 5.91 Å². The quantitative estimate of drug-likeness (QED) is 0.437. The number of hydrogen-bond donors (Lipinski definition) is 1. The van der Waals surface area contributed by atoms with Crippen molar-refractivity contribution in [2.75, 3.05) is 0 Å². The summed E-state index contributed by atoms with van der Waals surface area (Å²) in [6.07, 6.45) is 0. The van der Waals surface area contributed by atoms with E-state index in [1.165, 1.54) is 17.7 Å². The molecule has 1 amide bonds. The average molecular weight is 387 g/mol. The van der Waals surface area contributed by atoms with Gasteiger partial charge in [0.1, 0.15) is 5.82 Å². The van der Waals surface area contributed by atoms with E-state index in [0.717, 1.165) is 22.3 Å². The largest absolute Gasteiger partial charge is 0.348 e. The topological polar surface area (TPSA) is 29.1 Å². The first-order valence-corrected chi connectivity index (χ1v) is 9.90. The standard InChI is InChI=1S/C24H18FNOS/c25-22-11-9-18(10-12-22)17-5-7-19(8-6-17)24(27)26-15-20-3-1-2-4-23(20)21-13-14-28-16-21/h1-14,16H,15H2,(H,26,27). The highest BCUT2D eigenvalue weighted by Gasteiger charge is 2.09. The van der Waals surface area contributed by atoms with Gasteiger partial charge in [0.05, 0.1) is 0 Å². The minimum Gasteiger partial charge on any atom is -0.348 e. The normalized spacial score (nSPS) is 10.6. The van der Waals surface area contributed by atoms with Gasteiger partial charge >= 0.3 is 0 Å². The zero-order chi connectivity index (χ0) is 19.3. The maximum Gasteiger partial charge on any atom is 0.251 e. The number of nitrogens with one attached hydrogen (secondary N) is 1. The van der Waals surface area contributed by atoms with E-state index in [1.807, 2.05) is 35.7 Å². The Bertz CT molecular complexity index is 1070. The maximum atomic E-state index is 13.1. The van der Waals surface area contributed by atoms with Crippen LogP contribution in [0.15, 0.2) is 89.6 Å². The van der Waals surface area contributed by atoms with Crippen molar-refractivity contribution in [1.29, 1.82) is 0 Å². The van der Waals surface area contributed by atoms with Crippen molar-refractivity contribution < 1.29 is 9.18 Å².